The first kappa shape index (κ1) is 18.7. The lowest BCUT2D eigenvalue weighted by molar-refractivity contribution is -0.0553. The predicted octanol–water partition coefficient (Wildman–Crippen LogP) is 5.30. The minimum Gasteiger partial charge on any atom is -0.393 e. The summed E-state index contributed by atoms with van der Waals surface area (Å²) in [4.78, 5) is 6.80. The third kappa shape index (κ3) is 2.54. The molecule has 0 unspecified atom stereocenters. The van der Waals surface area contributed by atoms with Crippen molar-refractivity contribution in [3.8, 4) is 0 Å². The number of aliphatic hydroxyl groups is 1. The molecule has 0 radical (unpaired) electrons. The highest BCUT2D eigenvalue weighted by Gasteiger charge is 2.59. The molecular weight excluding hydrogens is 344 g/mol. The van der Waals surface area contributed by atoms with E-state index in [9.17, 15) is 5.11 Å². The van der Waals surface area contributed by atoms with E-state index in [0.717, 1.165) is 37.1 Å². The molecule has 5 rings (SSSR count). The van der Waals surface area contributed by atoms with Crippen molar-refractivity contribution in [3.05, 3.63) is 35.7 Å². The summed E-state index contributed by atoms with van der Waals surface area (Å²) in [5.41, 5.74) is 3.71. The van der Waals surface area contributed by atoms with Crippen LogP contribution in [-0.4, -0.2) is 29.0 Å². The molecule has 2 fully saturated rings. The number of rotatable bonds is 2. The zero-order chi connectivity index (χ0) is 19.5. The van der Waals surface area contributed by atoms with Crippen LogP contribution >= 0.6 is 0 Å². The van der Waals surface area contributed by atoms with Gasteiger partial charge in [0, 0.05) is 23.9 Å². The Hall–Kier alpha value is -1.35. The van der Waals surface area contributed by atoms with Crippen molar-refractivity contribution >= 4 is 6.34 Å². The van der Waals surface area contributed by atoms with E-state index in [-0.39, 0.29) is 11.5 Å². The maximum atomic E-state index is 10.3. The first-order chi connectivity index (χ1) is 13.5. The Morgan fingerprint density at radius 1 is 1.18 bits per heavy atom. The van der Waals surface area contributed by atoms with Crippen LogP contribution in [-0.2, 0) is 0 Å². The van der Waals surface area contributed by atoms with Gasteiger partial charge in [-0.3, -0.25) is 0 Å². The van der Waals surface area contributed by atoms with E-state index in [2.05, 4.69) is 48.9 Å². The normalized spacial score (nSPS) is 47.1. The number of allylic oxidation sites excluding steroid dienone is 3. The number of aliphatic imine (C=N–C) groups is 1. The average molecular weight is 381 g/mol. The SMILES string of the molecule is CC[C@H]1C=C2C[C@@H](O)CC[C@]2(C)[C@H]2CC[C@]3(C)C(N4C=NC=CC4)=CC[C@H]3[C@H]12. The Morgan fingerprint density at radius 2 is 2.00 bits per heavy atom. The molecule has 1 heterocycles. The van der Waals surface area contributed by atoms with Crippen molar-refractivity contribution in [2.24, 2.45) is 39.5 Å². The van der Waals surface area contributed by atoms with Gasteiger partial charge in [-0.25, -0.2) is 4.99 Å². The van der Waals surface area contributed by atoms with Crippen LogP contribution in [0.25, 0.3) is 0 Å². The molecule has 1 aliphatic heterocycles. The fourth-order valence-corrected chi connectivity index (χ4v) is 7.74. The highest BCUT2D eigenvalue weighted by molar-refractivity contribution is 5.61. The van der Waals surface area contributed by atoms with Crippen molar-refractivity contribution in [1.82, 2.24) is 4.90 Å². The lowest BCUT2D eigenvalue weighted by Crippen LogP contribution is -2.53. The van der Waals surface area contributed by atoms with E-state index in [1.54, 1.807) is 5.57 Å². The molecule has 2 saturated carbocycles. The smallest absolute Gasteiger partial charge is 0.0949 e. The minimum atomic E-state index is -0.117. The molecule has 0 aromatic carbocycles. The van der Waals surface area contributed by atoms with Gasteiger partial charge in [-0.1, -0.05) is 38.5 Å². The van der Waals surface area contributed by atoms with Crippen LogP contribution in [0.5, 0.6) is 0 Å². The second-order valence-corrected chi connectivity index (χ2v) is 10.5. The number of hydrogen-bond donors (Lipinski definition) is 1. The standard InChI is InChI=1S/C25H36N2O/c1-4-17-14-18-15-19(28)8-10-24(18,2)21-9-11-25(3)20(23(17)21)6-7-22(25)27-13-5-12-26-16-27/h5,7,12,14,16-17,19-21,23,28H,4,6,8-11,13,15H2,1-3H3/t17-,19-,20-,21-,23-,24-,25-/m0/s1. The molecule has 0 spiro atoms. The van der Waals surface area contributed by atoms with Gasteiger partial charge < -0.3 is 10.0 Å². The van der Waals surface area contributed by atoms with Crippen molar-refractivity contribution in [2.75, 3.05) is 6.54 Å². The largest absolute Gasteiger partial charge is 0.393 e. The summed E-state index contributed by atoms with van der Waals surface area (Å²) in [7, 11) is 0. The molecule has 4 aliphatic carbocycles. The molecule has 152 valence electrons. The summed E-state index contributed by atoms with van der Waals surface area (Å²) < 4.78 is 0. The number of fused-ring (bicyclic) bond motifs is 5. The first-order valence-electron chi connectivity index (χ1n) is 11.5. The van der Waals surface area contributed by atoms with Crippen LogP contribution in [0.4, 0.5) is 0 Å². The molecule has 28 heavy (non-hydrogen) atoms. The van der Waals surface area contributed by atoms with Gasteiger partial charge in [-0.2, -0.15) is 0 Å². The Labute approximate surface area is 170 Å². The van der Waals surface area contributed by atoms with Crippen LogP contribution in [0.2, 0.25) is 0 Å². The van der Waals surface area contributed by atoms with Gasteiger partial charge in [-0.05, 0) is 80.1 Å². The predicted molar refractivity (Wildman–Crippen MR) is 115 cm³/mol. The molecule has 3 heteroatoms. The second kappa shape index (κ2) is 6.58. The van der Waals surface area contributed by atoms with Crippen LogP contribution in [0.15, 0.2) is 40.7 Å². The Morgan fingerprint density at radius 3 is 2.75 bits per heavy atom. The van der Waals surface area contributed by atoms with Gasteiger partial charge in [0.15, 0.2) is 0 Å². The Balaban J connectivity index is 1.50. The van der Waals surface area contributed by atoms with Gasteiger partial charge in [0.25, 0.3) is 0 Å². The molecule has 5 aliphatic rings. The van der Waals surface area contributed by atoms with Crippen LogP contribution in [0.1, 0.15) is 65.7 Å². The molecule has 0 aromatic heterocycles. The highest BCUT2D eigenvalue weighted by atomic mass is 16.3. The molecule has 0 aromatic rings. The van der Waals surface area contributed by atoms with Gasteiger partial charge in [-0.15, -0.1) is 0 Å². The number of aliphatic hydroxyl groups excluding tert-OH is 1. The number of nitrogens with zero attached hydrogens (tertiary/aromatic N) is 2. The zero-order valence-corrected chi connectivity index (χ0v) is 17.8. The molecule has 0 saturated heterocycles. The molecule has 0 amide bonds. The third-order valence-electron chi connectivity index (χ3n) is 9.27. The topological polar surface area (TPSA) is 35.8 Å². The van der Waals surface area contributed by atoms with Crippen LogP contribution < -0.4 is 0 Å². The molecule has 7 atom stereocenters. The van der Waals surface area contributed by atoms with Crippen molar-refractivity contribution in [2.45, 2.75) is 71.8 Å². The second-order valence-electron chi connectivity index (χ2n) is 10.5. The summed E-state index contributed by atoms with van der Waals surface area (Å²) in [5.74, 6) is 2.97. The zero-order valence-electron chi connectivity index (χ0n) is 17.8. The van der Waals surface area contributed by atoms with E-state index >= 15 is 0 Å². The third-order valence-corrected chi connectivity index (χ3v) is 9.27. The minimum absolute atomic E-state index is 0.117. The first-order valence-corrected chi connectivity index (χ1v) is 11.5. The molecule has 1 N–H and O–H groups in total. The summed E-state index contributed by atoms with van der Waals surface area (Å²) in [6, 6.07) is 0. The van der Waals surface area contributed by atoms with E-state index in [1.165, 1.54) is 37.8 Å². The fourth-order valence-electron chi connectivity index (χ4n) is 7.74. The molecule has 0 bridgehead atoms. The van der Waals surface area contributed by atoms with Gasteiger partial charge in [0.05, 0.1) is 12.4 Å². The summed E-state index contributed by atoms with van der Waals surface area (Å²) >= 11 is 0. The van der Waals surface area contributed by atoms with Crippen LogP contribution in [0, 0.1) is 34.5 Å². The van der Waals surface area contributed by atoms with Crippen molar-refractivity contribution < 1.29 is 5.11 Å². The monoisotopic (exact) mass is 380 g/mol. The average Bonchev–Trinajstić information content (AvgIpc) is 3.06. The Kier molecular flexibility index (Phi) is 4.39. The van der Waals surface area contributed by atoms with E-state index in [4.69, 9.17) is 0 Å². The van der Waals surface area contributed by atoms with Crippen LogP contribution in [0.3, 0.4) is 0 Å². The molecule has 3 nitrogen and oxygen atoms in total. The summed E-state index contributed by atoms with van der Waals surface area (Å²) in [5, 5.41) is 10.3. The van der Waals surface area contributed by atoms with Gasteiger partial charge in [0.2, 0.25) is 0 Å². The quantitative estimate of drug-likeness (QED) is 0.660. The van der Waals surface area contributed by atoms with Crippen molar-refractivity contribution in [1.29, 1.82) is 0 Å². The van der Waals surface area contributed by atoms with Gasteiger partial charge in [0.1, 0.15) is 0 Å². The molecular formula is C25H36N2O. The summed E-state index contributed by atoms with van der Waals surface area (Å²) in [6.07, 6.45) is 19.3. The maximum absolute atomic E-state index is 10.3. The summed E-state index contributed by atoms with van der Waals surface area (Å²) in [6.45, 7) is 8.40. The lowest BCUT2D eigenvalue weighted by Gasteiger charge is -2.60. The lowest BCUT2D eigenvalue weighted by atomic mass is 9.45. The van der Waals surface area contributed by atoms with E-state index in [0.29, 0.717) is 11.3 Å². The van der Waals surface area contributed by atoms with E-state index < -0.39 is 0 Å². The van der Waals surface area contributed by atoms with Crippen molar-refractivity contribution in [3.63, 3.8) is 0 Å². The Bertz CT molecular complexity index is 765. The highest BCUT2D eigenvalue weighted by Crippen LogP contribution is 2.66. The van der Waals surface area contributed by atoms with E-state index in [1.807, 2.05) is 12.5 Å². The maximum Gasteiger partial charge on any atom is 0.0949 e. The fraction of sp³-hybridized carbons (Fsp3) is 0.720. The number of hydrogen-bond acceptors (Lipinski definition) is 3. The van der Waals surface area contributed by atoms with Gasteiger partial charge >= 0.3 is 0 Å².